The van der Waals surface area contributed by atoms with E-state index in [2.05, 4.69) is 10.2 Å². The van der Waals surface area contributed by atoms with E-state index < -0.39 is 0 Å². The van der Waals surface area contributed by atoms with Crippen LogP contribution in [0.5, 0.6) is 0 Å². The summed E-state index contributed by atoms with van der Waals surface area (Å²) in [6, 6.07) is 2.04. The second-order valence-electron chi connectivity index (χ2n) is 5.97. The van der Waals surface area contributed by atoms with Gasteiger partial charge in [0, 0.05) is 13.1 Å². The van der Waals surface area contributed by atoms with Gasteiger partial charge in [0.05, 0.1) is 4.88 Å². The maximum absolute atomic E-state index is 12.5. The summed E-state index contributed by atoms with van der Waals surface area (Å²) in [4.78, 5) is 15.5. The van der Waals surface area contributed by atoms with E-state index in [9.17, 15) is 4.79 Å². The van der Waals surface area contributed by atoms with Crippen molar-refractivity contribution < 1.29 is 4.79 Å². The first-order chi connectivity index (χ1) is 9.20. The van der Waals surface area contributed by atoms with E-state index in [-0.39, 0.29) is 18.3 Å². The van der Waals surface area contributed by atoms with Gasteiger partial charge in [0.15, 0.2) is 0 Å². The van der Waals surface area contributed by atoms with Crippen LogP contribution in [-0.4, -0.2) is 37.0 Å². The van der Waals surface area contributed by atoms with Gasteiger partial charge in [-0.1, -0.05) is 0 Å². The predicted octanol–water partition coefficient (Wildman–Crippen LogP) is 3.08. The summed E-state index contributed by atoms with van der Waals surface area (Å²) in [5, 5.41) is 5.46. The Hall–Kier alpha value is -0.580. The van der Waals surface area contributed by atoms with E-state index >= 15 is 0 Å². The van der Waals surface area contributed by atoms with E-state index in [4.69, 9.17) is 0 Å². The molecule has 112 valence electrons. The summed E-state index contributed by atoms with van der Waals surface area (Å²) < 4.78 is 0. The van der Waals surface area contributed by atoms with Gasteiger partial charge in [-0.2, -0.15) is 0 Å². The highest BCUT2D eigenvalue weighted by atomic mass is 35.5. The highest BCUT2D eigenvalue weighted by Crippen LogP contribution is 2.39. The molecule has 0 atom stereocenters. The number of aryl methyl sites for hydroxylation is 1. The average Bonchev–Trinajstić information content (AvgIpc) is 2.86. The molecule has 1 aromatic rings. The minimum atomic E-state index is 0. The first-order valence-corrected chi connectivity index (χ1v) is 8.12. The second-order valence-corrected chi connectivity index (χ2v) is 6.89. The number of carbonyl (C=O) groups is 1. The van der Waals surface area contributed by atoms with Gasteiger partial charge in [0.25, 0.3) is 5.91 Å². The Morgan fingerprint density at radius 2 is 1.90 bits per heavy atom. The third kappa shape index (κ3) is 3.02. The minimum absolute atomic E-state index is 0. The largest absolute Gasteiger partial charge is 0.338 e. The summed E-state index contributed by atoms with van der Waals surface area (Å²) in [6.07, 6.45) is 4.94. The van der Waals surface area contributed by atoms with Crippen LogP contribution < -0.4 is 5.32 Å². The SMILES string of the molecule is Cc1ccsc1C(=O)N1CCC2(CCNCC2)CC1.Cl. The lowest BCUT2D eigenvalue weighted by molar-refractivity contribution is 0.0499. The van der Waals surface area contributed by atoms with Crippen LogP contribution in [0, 0.1) is 12.3 Å². The number of thiophene rings is 1. The fraction of sp³-hybridized carbons (Fsp3) is 0.667. The van der Waals surface area contributed by atoms with Crippen LogP contribution in [-0.2, 0) is 0 Å². The number of amides is 1. The summed E-state index contributed by atoms with van der Waals surface area (Å²) in [5.41, 5.74) is 1.64. The molecule has 0 saturated carbocycles. The molecule has 0 aromatic carbocycles. The monoisotopic (exact) mass is 314 g/mol. The molecule has 1 N–H and O–H groups in total. The zero-order valence-corrected chi connectivity index (χ0v) is 13.6. The van der Waals surface area contributed by atoms with Gasteiger partial charge in [-0.25, -0.2) is 0 Å². The molecule has 3 rings (SSSR count). The highest BCUT2D eigenvalue weighted by molar-refractivity contribution is 7.12. The maximum atomic E-state index is 12.5. The van der Waals surface area contributed by atoms with Crippen LogP contribution in [0.15, 0.2) is 11.4 Å². The van der Waals surface area contributed by atoms with Crippen molar-refractivity contribution in [2.45, 2.75) is 32.6 Å². The van der Waals surface area contributed by atoms with Crippen molar-refractivity contribution in [3.05, 3.63) is 21.9 Å². The Morgan fingerprint density at radius 3 is 2.45 bits per heavy atom. The number of likely N-dealkylation sites (tertiary alicyclic amines) is 1. The quantitative estimate of drug-likeness (QED) is 0.864. The molecular formula is C15H23ClN2OS. The first kappa shape index (κ1) is 15.8. The topological polar surface area (TPSA) is 32.3 Å². The minimum Gasteiger partial charge on any atom is -0.338 e. The fourth-order valence-corrected chi connectivity index (χ4v) is 4.27. The van der Waals surface area contributed by atoms with Gasteiger partial charge < -0.3 is 10.2 Å². The molecular weight excluding hydrogens is 292 g/mol. The van der Waals surface area contributed by atoms with Gasteiger partial charge in [0.1, 0.15) is 0 Å². The Morgan fingerprint density at radius 1 is 1.25 bits per heavy atom. The molecule has 2 saturated heterocycles. The number of rotatable bonds is 1. The molecule has 20 heavy (non-hydrogen) atoms. The van der Waals surface area contributed by atoms with Gasteiger partial charge in [-0.3, -0.25) is 4.79 Å². The number of halogens is 1. The molecule has 3 heterocycles. The van der Waals surface area contributed by atoms with Crippen LogP contribution in [0.25, 0.3) is 0 Å². The van der Waals surface area contributed by atoms with E-state index in [1.165, 1.54) is 25.7 Å². The molecule has 5 heteroatoms. The van der Waals surface area contributed by atoms with Crippen LogP contribution in [0.1, 0.15) is 40.9 Å². The average molecular weight is 315 g/mol. The van der Waals surface area contributed by atoms with Crippen LogP contribution in [0.3, 0.4) is 0 Å². The van der Waals surface area contributed by atoms with Crippen molar-refractivity contribution in [1.82, 2.24) is 10.2 Å². The number of nitrogens with zero attached hydrogens (tertiary/aromatic N) is 1. The summed E-state index contributed by atoms with van der Waals surface area (Å²) in [7, 11) is 0. The molecule has 0 unspecified atom stereocenters. The van der Waals surface area contributed by atoms with Gasteiger partial charge in [-0.05, 0) is 68.1 Å². The number of hydrogen-bond acceptors (Lipinski definition) is 3. The van der Waals surface area contributed by atoms with E-state index in [0.717, 1.165) is 36.6 Å². The van der Waals surface area contributed by atoms with Crippen LogP contribution in [0.2, 0.25) is 0 Å². The predicted molar refractivity (Wildman–Crippen MR) is 86.0 cm³/mol. The first-order valence-electron chi connectivity index (χ1n) is 7.24. The van der Waals surface area contributed by atoms with Crippen molar-refractivity contribution in [3.63, 3.8) is 0 Å². The molecule has 2 aliphatic rings. The maximum Gasteiger partial charge on any atom is 0.264 e. The van der Waals surface area contributed by atoms with Gasteiger partial charge in [0.2, 0.25) is 0 Å². The lowest BCUT2D eigenvalue weighted by Crippen LogP contribution is -2.47. The lowest BCUT2D eigenvalue weighted by atomic mass is 9.71. The zero-order chi connectivity index (χ0) is 13.3. The molecule has 0 radical (unpaired) electrons. The normalized spacial score (nSPS) is 21.6. The van der Waals surface area contributed by atoms with Gasteiger partial charge in [-0.15, -0.1) is 23.7 Å². The Balaban J connectivity index is 0.00000147. The zero-order valence-electron chi connectivity index (χ0n) is 12.0. The highest BCUT2D eigenvalue weighted by Gasteiger charge is 2.37. The van der Waals surface area contributed by atoms with Crippen molar-refractivity contribution >= 4 is 29.7 Å². The Bertz CT molecular complexity index is 458. The molecule has 2 fully saturated rings. The molecule has 0 bridgehead atoms. The van der Waals surface area contributed by atoms with E-state index in [0.29, 0.717) is 5.41 Å². The Kier molecular flexibility index (Phi) is 5.10. The molecule has 2 aliphatic heterocycles. The third-order valence-corrected chi connectivity index (χ3v) is 5.84. The molecule has 1 aromatic heterocycles. The van der Waals surface area contributed by atoms with E-state index in [1.807, 2.05) is 18.4 Å². The third-order valence-electron chi connectivity index (χ3n) is 4.83. The second kappa shape index (κ2) is 6.46. The van der Waals surface area contributed by atoms with Crippen LogP contribution in [0.4, 0.5) is 0 Å². The number of hydrogen-bond donors (Lipinski definition) is 1. The van der Waals surface area contributed by atoms with E-state index in [1.54, 1.807) is 11.3 Å². The lowest BCUT2D eigenvalue weighted by Gasteiger charge is -2.44. The van der Waals surface area contributed by atoms with Crippen molar-refractivity contribution in [2.24, 2.45) is 5.41 Å². The van der Waals surface area contributed by atoms with Crippen molar-refractivity contribution in [1.29, 1.82) is 0 Å². The summed E-state index contributed by atoms with van der Waals surface area (Å²) in [5.74, 6) is 0.247. The molecule has 0 aliphatic carbocycles. The standard InChI is InChI=1S/C15H22N2OS.ClH/c1-12-2-11-19-13(12)14(18)17-9-5-15(6-10-17)3-7-16-8-4-15;/h2,11,16H,3-10H2,1H3;1H. The molecule has 3 nitrogen and oxygen atoms in total. The Labute approximate surface area is 131 Å². The number of carbonyl (C=O) groups excluding carboxylic acids is 1. The number of nitrogens with one attached hydrogen (secondary N) is 1. The van der Waals surface area contributed by atoms with Crippen molar-refractivity contribution in [3.8, 4) is 0 Å². The number of piperidine rings is 2. The fourth-order valence-electron chi connectivity index (χ4n) is 3.38. The summed E-state index contributed by atoms with van der Waals surface area (Å²) >= 11 is 1.58. The van der Waals surface area contributed by atoms with Crippen molar-refractivity contribution in [2.75, 3.05) is 26.2 Å². The van der Waals surface area contributed by atoms with Gasteiger partial charge >= 0.3 is 0 Å². The smallest absolute Gasteiger partial charge is 0.264 e. The summed E-state index contributed by atoms with van der Waals surface area (Å²) in [6.45, 7) is 6.21. The molecule has 1 spiro atoms. The van der Waals surface area contributed by atoms with Crippen LogP contribution >= 0.6 is 23.7 Å². The molecule has 1 amide bonds.